The van der Waals surface area contributed by atoms with E-state index in [0.29, 0.717) is 5.57 Å². The van der Waals surface area contributed by atoms with Gasteiger partial charge in [-0.3, -0.25) is 9.59 Å². The fraction of sp³-hybridized carbons (Fsp3) is 0.167. The van der Waals surface area contributed by atoms with E-state index < -0.39 is 0 Å². The summed E-state index contributed by atoms with van der Waals surface area (Å²) >= 11 is 0. The van der Waals surface area contributed by atoms with Crippen molar-refractivity contribution in [2.75, 3.05) is 7.11 Å². The van der Waals surface area contributed by atoms with E-state index in [9.17, 15) is 9.59 Å². The average Bonchev–Trinajstić information content (AvgIpc) is 2.22. The maximum Gasteiger partial charge on any atom is 0.221 e. The Morgan fingerprint density at radius 3 is 2.60 bits per heavy atom. The molecule has 1 aliphatic rings. The minimum Gasteiger partial charge on any atom is -0.493 e. The molecule has 0 saturated carbocycles. The first-order chi connectivity index (χ1) is 7.08. The van der Waals surface area contributed by atoms with Gasteiger partial charge in [0.2, 0.25) is 5.78 Å². The van der Waals surface area contributed by atoms with Crippen molar-refractivity contribution in [3.05, 3.63) is 35.1 Å². The number of carbonyl (C=O) groups is 2. The topological polar surface area (TPSA) is 43.4 Å². The summed E-state index contributed by atoms with van der Waals surface area (Å²) in [6.07, 6.45) is 9.03. The quantitative estimate of drug-likeness (QED) is 0.498. The van der Waals surface area contributed by atoms with E-state index in [-0.39, 0.29) is 22.9 Å². The maximum absolute atomic E-state index is 11.5. The third kappa shape index (κ3) is 2.44. The second-order valence-electron chi connectivity index (χ2n) is 3.01. The Kier molecular flexibility index (Phi) is 3.25. The van der Waals surface area contributed by atoms with Crippen molar-refractivity contribution in [1.29, 1.82) is 0 Å². The molecule has 0 aromatic heterocycles. The number of ether oxygens (including phenoxy) is 1. The molecule has 0 unspecified atom stereocenters. The molecule has 0 N–H and O–H groups in total. The number of carbonyl (C=O) groups excluding carboxylic acids is 2. The van der Waals surface area contributed by atoms with Crippen molar-refractivity contribution in [2.45, 2.75) is 6.92 Å². The minimum absolute atomic E-state index is 0.0514. The zero-order valence-electron chi connectivity index (χ0n) is 8.53. The van der Waals surface area contributed by atoms with Gasteiger partial charge in [-0.25, -0.2) is 0 Å². The maximum atomic E-state index is 11.5. The van der Waals surface area contributed by atoms with Gasteiger partial charge in [0.25, 0.3) is 0 Å². The zero-order valence-corrected chi connectivity index (χ0v) is 8.53. The van der Waals surface area contributed by atoms with Crippen LogP contribution in [0.5, 0.6) is 0 Å². The average molecular weight is 202 g/mol. The largest absolute Gasteiger partial charge is 0.493 e. The summed E-state index contributed by atoms with van der Waals surface area (Å²) in [5.41, 5.74) is 0.882. The highest BCUT2D eigenvalue weighted by Gasteiger charge is 2.19. The molecule has 0 fully saturated rings. The van der Waals surface area contributed by atoms with Gasteiger partial charge in [0.15, 0.2) is 11.5 Å². The highest BCUT2D eigenvalue weighted by Crippen LogP contribution is 2.14. The molecule has 0 aromatic rings. The van der Waals surface area contributed by atoms with Crippen LogP contribution in [0.3, 0.4) is 0 Å². The summed E-state index contributed by atoms with van der Waals surface area (Å²) in [6, 6.07) is 0. The lowest BCUT2D eigenvalue weighted by Crippen LogP contribution is -2.13. The van der Waals surface area contributed by atoms with Crippen molar-refractivity contribution in [1.82, 2.24) is 0 Å². The monoisotopic (exact) mass is 202 g/mol. The first kappa shape index (κ1) is 11.0. The standard InChI is InChI=1S/C12H10O3/c1-4-8(2)5-9-6-11(14)12(15-3)7-10(9)13/h1,5-7H,2-3H3/b8-5+. The van der Waals surface area contributed by atoms with Gasteiger partial charge in [-0.2, -0.15) is 0 Å². The Morgan fingerprint density at radius 2 is 2.07 bits per heavy atom. The van der Waals surface area contributed by atoms with E-state index in [4.69, 9.17) is 11.2 Å². The van der Waals surface area contributed by atoms with Crippen LogP contribution in [0.4, 0.5) is 0 Å². The van der Waals surface area contributed by atoms with E-state index in [0.717, 1.165) is 6.08 Å². The number of ketones is 2. The molecule has 0 bridgehead atoms. The Labute approximate surface area is 88.1 Å². The van der Waals surface area contributed by atoms with Gasteiger partial charge in [0.05, 0.1) is 7.11 Å². The van der Waals surface area contributed by atoms with Gasteiger partial charge >= 0.3 is 0 Å². The second kappa shape index (κ2) is 4.43. The molecule has 1 aliphatic carbocycles. The molecule has 1 rings (SSSR count). The third-order valence-corrected chi connectivity index (χ3v) is 1.90. The van der Waals surface area contributed by atoms with Crippen molar-refractivity contribution < 1.29 is 14.3 Å². The lowest BCUT2D eigenvalue weighted by molar-refractivity contribution is -0.117. The molecule has 0 radical (unpaired) electrons. The Bertz CT molecular complexity index is 442. The van der Waals surface area contributed by atoms with Crippen molar-refractivity contribution >= 4 is 11.6 Å². The van der Waals surface area contributed by atoms with Crippen LogP contribution in [-0.2, 0) is 14.3 Å². The minimum atomic E-state index is -0.326. The van der Waals surface area contributed by atoms with Crippen LogP contribution < -0.4 is 0 Å². The Balaban J connectivity index is 3.04. The first-order valence-corrected chi connectivity index (χ1v) is 4.29. The van der Waals surface area contributed by atoms with Crippen LogP contribution in [0.1, 0.15) is 6.92 Å². The summed E-state index contributed by atoms with van der Waals surface area (Å²) in [4.78, 5) is 22.8. The van der Waals surface area contributed by atoms with E-state index >= 15 is 0 Å². The van der Waals surface area contributed by atoms with Crippen LogP contribution in [0.15, 0.2) is 35.1 Å². The Morgan fingerprint density at radius 1 is 1.40 bits per heavy atom. The number of terminal acetylenes is 1. The van der Waals surface area contributed by atoms with Crippen molar-refractivity contribution in [2.24, 2.45) is 0 Å². The summed E-state index contributed by atoms with van der Waals surface area (Å²) in [5.74, 6) is 1.83. The van der Waals surface area contributed by atoms with E-state index in [1.54, 1.807) is 6.92 Å². The number of allylic oxidation sites excluding steroid dienone is 5. The summed E-state index contributed by atoms with van der Waals surface area (Å²) < 4.78 is 4.74. The molecule has 0 aromatic carbocycles. The highest BCUT2D eigenvalue weighted by molar-refractivity contribution is 6.20. The van der Waals surface area contributed by atoms with E-state index in [1.807, 2.05) is 0 Å². The summed E-state index contributed by atoms with van der Waals surface area (Å²) in [5, 5.41) is 0. The number of hydrogen-bond donors (Lipinski definition) is 0. The Hall–Kier alpha value is -2.08. The fourth-order valence-corrected chi connectivity index (χ4v) is 1.10. The molecule has 3 nitrogen and oxygen atoms in total. The zero-order chi connectivity index (χ0) is 11.4. The molecule has 0 spiro atoms. The molecule has 0 heterocycles. The molecular weight excluding hydrogens is 192 g/mol. The predicted molar refractivity (Wildman–Crippen MR) is 55.8 cm³/mol. The van der Waals surface area contributed by atoms with Crippen LogP contribution >= 0.6 is 0 Å². The van der Waals surface area contributed by atoms with Crippen molar-refractivity contribution in [3.63, 3.8) is 0 Å². The SMILES string of the molecule is C#C/C(C)=C/C1=CC(=O)C(OC)=CC1=O. The second-order valence-corrected chi connectivity index (χ2v) is 3.01. The molecule has 76 valence electrons. The van der Waals surface area contributed by atoms with Crippen LogP contribution in [0.25, 0.3) is 0 Å². The van der Waals surface area contributed by atoms with Crippen LogP contribution in [0, 0.1) is 12.3 Å². The number of hydrogen-bond acceptors (Lipinski definition) is 3. The third-order valence-electron chi connectivity index (χ3n) is 1.90. The van der Waals surface area contributed by atoms with Gasteiger partial charge in [-0.05, 0) is 18.6 Å². The van der Waals surface area contributed by atoms with E-state index in [1.165, 1.54) is 19.3 Å². The normalized spacial score (nSPS) is 16.7. The smallest absolute Gasteiger partial charge is 0.221 e. The van der Waals surface area contributed by atoms with Crippen LogP contribution in [0.2, 0.25) is 0 Å². The lowest BCUT2D eigenvalue weighted by atomic mass is 10.0. The molecule has 0 amide bonds. The van der Waals surface area contributed by atoms with Gasteiger partial charge in [-0.15, -0.1) is 6.42 Å². The summed E-state index contributed by atoms with van der Waals surface area (Å²) in [7, 11) is 1.35. The van der Waals surface area contributed by atoms with Gasteiger partial charge < -0.3 is 4.74 Å². The first-order valence-electron chi connectivity index (χ1n) is 4.29. The molecule has 0 aliphatic heterocycles. The van der Waals surface area contributed by atoms with Crippen LogP contribution in [-0.4, -0.2) is 18.7 Å². The van der Waals surface area contributed by atoms with Crippen molar-refractivity contribution in [3.8, 4) is 12.3 Å². The highest BCUT2D eigenvalue weighted by atomic mass is 16.5. The molecule has 0 atom stereocenters. The number of methoxy groups -OCH3 is 1. The van der Waals surface area contributed by atoms with Gasteiger partial charge in [0.1, 0.15) is 0 Å². The molecular formula is C12H10O3. The van der Waals surface area contributed by atoms with E-state index in [2.05, 4.69) is 5.92 Å². The molecule has 3 heteroatoms. The lowest BCUT2D eigenvalue weighted by Gasteiger charge is -2.08. The molecule has 0 saturated heterocycles. The van der Waals surface area contributed by atoms with Gasteiger partial charge in [0, 0.05) is 17.7 Å². The predicted octanol–water partition coefficient (Wildman–Crippen LogP) is 1.17. The number of rotatable bonds is 2. The van der Waals surface area contributed by atoms with Gasteiger partial charge in [-0.1, -0.05) is 5.92 Å². The fourth-order valence-electron chi connectivity index (χ4n) is 1.10. The summed E-state index contributed by atoms with van der Waals surface area (Å²) in [6.45, 7) is 1.69. The molecule has 15 heavy (non-hydrogen) atoms.